The molecule has 3 rings (SSSR count). The Morgan fingerprint density at radius 1 is 1.40 bits per heavy atom. The molecule has 0 spiro atoms. The van der Waals surface area contributed by atoms with Gasteiger partial charge in [-0.3, -0.25) is 4.79 Å². The Bertz CT molecular complexity index is 755. The van der Waals surface area contributed by atoms with Crippen molar-refractivity contribution in [1.29, 1.82) is 0 Å². The Hall–Kier alpha value is -1.71. The van der Waals surface area contributed by atoms with Crippen molar-refractivity contribution in [3.05, 3.63) is 23.7 Å². The van der Waals surface area contributed by atoms with Crippen molar-refractivity contribution in [3.63, 3.8) is 0 Å². The summed E-state index contributed by atoms with van der Waals surface area (Å²) in [6.07, 6.45) is 0. The molecule has 3 aromatic rings. The Morgan fingerprint density at radius 2 is 2.30 bits per heavy atom. The van der Waals surface area contributed by atoms with Crippen LogP contribution in [0.1, 0.15) is 0 Å². The maximum atomic E-state index is 10.5. The van der Waals surface area contributed by atoms with Crippen molar-refractivity contribution >= 4 is 61.4 Å². The van der Waals surface area contributed by atoms with E-state index in [4.69, 9.17) is 5.11 Å². The highest BCUT2D eigenvalue weighted by Crippen LogP contribution is 2.29. The largest absolute Gasteiger partial charge is 0.481 e. The van der Waals surface area contributed by atoms with E-state index in [1.165, 1.54) is 11.3 Å². The average molecular weight is 324 g/mol. The number of aromatic nitrogens is 3. The summed E-state index contributed by atoms with van der Waals surface area (Å²) in [5.74, 6) is -0.878. The number of benzene rings is 1. The van der Waals surface area contributed by atoms with Crippen molar-refractivity contribution in [2.45, 2.75) is 4.34 Å². The second kappa shape index (κ2) is 5.73. The topological polar surface area (TPSA) is 88.0 Å². The van der Waals surface area contributed by atoms with Crippen molar-refractivity contribution in [2.75, 3.05) is 11.1 Å². The normalized spacial score (nSPS) is 10.8. The van der Waals surface area contributed by atoms with Gasteiger partial charge < -0.3 is 10.4 Å². The lowest BCUT2D eigenvalue weighted by Gasteiger charge is -2.00. The Kier molecular flexibility index (Phi) is 3.81. The molecule has 0 radical (unpaired) electrons. The molecule has 9 heteroatoms. The standard InChI is InChI=1S/C11H8N4O2S3/c16-9(17)4-18-11-15-14-10(20-11)13-6-1-2-7-8(3-6)19-5-12-7/h1-3,5H,4H2,(H,13,14)(H,16,17). The maximum Gasteiger partial charge on any atom is 0.313 e. The first-order valence-electron chi connectivity index (χ1n) is 5.49. The number of aliphatic carboxylic acids is 1. The zero-order valence-corrected chi connectivity index (χ0v) is 12.4. The SMILES string of the molecule is O=C(O)CSc1nnc(Nc2ccc3ncsc3c2)s1. The number of fused-ring (bicyclic) bond motifs is 1. The number of nitrogens with one attached hydrogen (secondary N) is 1. The zero-order chi connectivity index (χ0) is 13.9. The molecule has 20 heavy (non-hydrogen) atoms. The fourth-order valence-electron chi connectivity index (χ4n) is 1.50. The van der Waals surface area contributed by atoms with E-state index < -0.39 is 5.97 Å². The van der Waals surface area contributed by atoms with Gasteiger partial charge in [0.1, 0.15) is 0 Å². The fraction of sp³-hybridized carbons (Fsp3) is 0.0909. The molecule has 2 heterocycles. The predicted molar refractivity (Wildman–Crippen MR) is 81.2 cm³/mol. The minimum Gasteiger partial charge on any atom is -0.481 e. The molecule has 0 unspecified atom stereocenters. The molecule has 0 fully saturated rings. The first-order chi connectivity index (χ1) is 9.70. The predicted octanol–water partition coefficient (Wildman–Crippen LogP) is 3.07. The number of rotatable bonds is 5. The number of carbonyl (C=O) groups is 1. The highest BCUT2D eigenvalue weighted by Gasteiger charge is 2.08. The van der Waals surface area contributed by atoms with Crippen LogP contribution in [0.15, 0.2) is 28.0 Å². The van der Waals surface area contributed by atoms with Crippen LogP contribution in [0.3, 0.4) is 0 Å². The summed E-state index contributed by atoms with van der Waals surface area (Å²) in [4.78, 5) is 14.7. The third-order valence-corrected chi connectivity index (χ3v) is 5.06. The number of thiazole rings is 1. The molecular formula is C11H8N4O2S3. The first kappa shape index (κ1) is 13.3. The van der Waals surface area contributed by atoms with Crippen LogP contribution in [-0.4, -0.2) is 32.0 Å². The van der Waals surface area contributed by atoms with Crippen LogP contribution in [0.5, 0.6) is 0 Å². The van der Waals surface area contributed by atoms with Crippen LogP contribution in [0.25, 0.3) is 10.2 Å². The lowest BCUT2D eigenvalue weighted by molar-refractivity contribution is -0.133. The fourth-order valence-corrected chi connectivity index (χ4v) is 3.71. The summed E-state index contributed by atoms with van der Waals surface area (Å²) in [5, 5.41) is 20.3. The van der Waals surface area contributed by atoms with Gasteiger partial charge in [0.2, 0.25) is 5.13 Å². The molecule has 0 aliphatic rings. The van der Waals surface area contributed by atoms with Gasteiger partial charge in [0.15, 0.2) is 4.34 Å². The number of nitrogens with zero attached hydrogens (tertiary/aromatic N) is 3. The van der Waals surface area contributed by atoms with E-state index in [2.05, 4.69) is 20.5 Å². The van der Waals surface area contributed by atoms with Gasteiger partial charge in [-0.05, 0) is 18.2 Å². The smallest absolute Gasteiger partial charge is 0.313 e. The second-order valence-corrected chi connectivity index (χ2v) is 6.80. The molecule has 0 atom stereocenters. The zero-order valence-electron chi connectivity index (χ0n) is 9.94. The lowest BCUT2D eigenvalue weighted by Crippen LogP contribution is -1.96. The average Bonchev–Trinajstić information content (AvgIpc) is 3.04. The van der Waals surface area contributed by atoms with Gasteiger partial charge in [0.25, 0.3) is 0 Å². The molecule has 2 aromatic heterocycles. The summed E-state index contributed by atoms with van der Waals surface area (Å²) < 4.78 is 1.73. The highest BCUT2D eigenvalue weighted by atomic mass is 32.2. The molecule has 0 amide bonds. The summed E-state index contributed by atoms with van der Waals surface area (Å²) in [7, 11) is 0. The first-order valence-corrected chi connectivity index (χ1v) is 8.17. The van der Waals surface area contributed by atoms with E-state index in [0.717, 1.165) is 27.7 Å². The monoisotopic (exact) mass is 324 g/mol. The van der Waals surface area contributed by atoms with Gasteiger partial charge in [-0.2, -0.15) is 0 Å². The number of hydrogen-bond donors (Lipinski definition) is 2. The Labute approximate surface area is 125 Å². The van der Waals surface area contributed by atoms with Crippen molar-refractivity contribution in [1.82, 2.24) is 15.2 Å². The van der Waals surface area contributed by atoms with Crippen LogP contribution in [0.2, 0.25) is 0 Å². The van der Waals surface area contributed by atoms with Gasteiger partial charge in [-0.25, -0.2) is 4.98 Å². The van der Waals surface area contributed by atoms with Crippen LogP contribution in [0, 0.1) is 0 Å². The number of anilines is 2. The minimum atomic E-state index is -0.865. The third kappa shape index (κ3) is 3.06. The Balaban J connectivity index is 1.72. The molecule has 0 bridgehead atoms. The molecule has 1 aromatic carbocycles. The van der Waals surface area contributed by atoms with E-state index in [-0.39, 0.29) is 5.75 Å². The van der Waals surface area contributed by atoms with Crippen LogP contribution < -0.4 is 5.32 Å². The number of carboxylic acids is 1. The van der Waals surface area contributed by atoms with E-state index in [1.807, 2.05) is 18.2 Å². The van der Waals surface area contributed by atoms with Gasteiger partial charge in [0.05, 0.1) is 21.5 Å². The molecule has 0 aliphatic carbocycles. The van der Waals surface area contributed by atoms with E-state index in [1.54, 1.807) is 16.8 Å². The molecule has 6 nitrogen and oxygen atoms in total. The Morgan fingerprint density at radius 3 is 3.15 bits per heavy atom. The number of carboxylic acid groups (broad SMARTS) is 1. The van der Waals surface area contributed by atoms with Crippen LogP contribution >= 0.6 is 34.4 Å². The highest BCUT2D eigenvalue weighted by molar-refractivity contribution is 8.01. The molecule has 0 aliphatic heterocycles. The van der Waals surface area contributed by atoms with Gasteiger partial charge >= 0.3 is 5.97 Å². The number of thioether (sulfide) groups is 1. The minimum absolute atomic E-state index is 0.0124. The van der Waals surface area contributed by atoms with E-state index in [0.29, 0.717) is 9.47 Å². The molecule has 0 saturated heterocycles. The van der Waals surface area contributed by atoms with Crippen molar-refractivity contribution in [2.24, 2.45) is 0 Å². The summed E-state index contributed by atoms with van der Waals surface area (Å²) in [6.45, 7) is 0. The third-order valence-electron chi connectivity index (χ3n) is 2.31. The number of hydrogen-bond acceptors (Lipinski definition) is 8. The molecule has 2 N–H and O–H groups in total. The van der Waals surface area contributed by atoms with Gasteiger partial charge in [-0.15, -0.1) is 21.5 Å². The van der Waals surface area contributed by atoms with E-state index >= 15 is 0 Å². The van der Waals surface area contributed by atoms with Crippen molar-refractivity contribution < 1.29 is 9.90 Å². The van der Waals surface area contributed by atoms with E-state index in [9.17, 15) is 4.79 Å². The van der Waals surface area contributed by atoms with Crippen LogP contribution in [-0.2, 0) is 4.79 Å². The second-order valence-electron chi connectivity index (χ2n) is 3.72. The molecule has 102 valence electrons. The lowest BCUT2D eigenvalue weighted by atomic mass is 10.3. The van der Waals surface area contributed by atoms with Crippen molar-refractivity contribution in [3.8, 4) is 0 Å². The molecular weight excluding hydrogens is 316 g/mol. The molecule has 0 saturated carbocycles. The quantitative estimate of drug-likeness (QED) is 0.697. The van der Waals surface area contributed by atoms with Gasteiger partial charge in [-0.1, -0.05) is 23.1 Å². The summed E-state index contributed by atoms with van der Waals surface area (Å²) >= 11 is 4.07. The maximum absolute atomic E-state index is 10.5. The summed E-state index contributed by atoms with van der Waals surface area (Å²) in [5.41, 5.74) is 3.68. The summed E-state index contributed by atoms with van der Waals surface area (Å²) in [6, 6.07) is 5.86. The van der Waals surface area contributed by atoms with Gasteiger partial charge in [0, 0.05) is 5.69 Å². The van der Waals surface area contributed by atoms with Crippen LogP contribution in [0.4, 0.5) is 10.8 Å².